The molecule has 0 N–H and O–H groups in total. The van der Waals surface area contributed by atoms with Crippen LogP contribution in [0.3, 0.4) is 0 Å². The second-order valence-electron chi connectivity index (χ2n) is 10.9. The van der Waals surface area contributed by atoms with E-state index in [0.717, 1.165) is 18.4 Å². The largest absolute Gasteiger partial charge is 0.423 e. The van der Waals surface area contributed by atoms with E-state index in [0.29, 0.717) is 34.3 Å². The Kier molecular flexibility index (Phi) is 6.25. The Bertz CT molecular complexity index is 1270. The van der Waals surface area contributed by atoms with Gasteiger partial charge in [-0.3, -0.25) is 4.79 Å². The van der Waals surface area contributed by atoms with Gasteiger partial charge in [-0.1, -0.05) is 73.3 Å². The van der Waals surface area contributed by atoms with Crippen molar-refractivity contribution in [1.82, 2.24) is 0 Å². The summed E-state index contributed by atoms with van der Waals surface area (Å²) >= 11 is 1.59. The van der Waals surface area contributed by atoms with Gasteiger partial charge in [-0.15, -0.1) is 0 Å². The fourth-order valence-corrected chi connectivity index (χ4v) is 8.63. The molecule has 36 heavy (non-hydrogen) atoms. The number of aryl methyl sites for hydroxylation is 1. The van der Waals surface area contributed by atoms with E-state index in [1.54, 1.807) is 23.9 Å². The average molecular weight is 497 g/mol. The van der Waals surface area contributed by atoms with Crippen molar-refractivity contribution in [2.24, 2.45) is 17.3 Å². The predicted molar refractivity (Wildman–Crippen MR) is 145 cm³/mol. The number of rotatable bonds is 4. The molecule has 184 valence electrons. The van der Waals surface area contributed by atoms with E-state index in [-0.39, 0.29) is 16.5 Å². The molecule has 5 atom stereocenters. The van der Waals surface area contributed by atoms with Crippen molar-refractivity contribution in [3.8, 4) is 5.75 Å². The summed E-state index contributed by atoms with van der Waals surface area (Å²) in [5, 5.41) is 0.619. The molecule has 2 fully saturated rings. The summed E-state index contributed by atoms with van der Waals surface area (Å²) in [6.07, 6.45) is 6.90. The predicted octanol–water partition coefficient (Wildman–Crippen LogP) is 7.70. The summed E-state index contributed by atoms with van der Waals surface area (Å²) in [7, 11) is 0. The molecule has 3 aliphatic rings. The molecule has 3 nitrogen and oxygen atoms in total. The SMILES string of the molecule is C[C@]12CC[C@@H]3c4ccc(OC(=O)c5ccccc5)cc4CC[C@H]3[C@@H]1CC[C@@H]2SC(=O)c1ccccc1. The first-order valence-corrected chi connectivity index (χ1v) is 14.1. The lowest BCUT2D eigenvalue weighted by Gasteiger charge is -2.50. The van der Waals surface area contributed by atoms with Crippen molar-refractivity contribution in [3.05, 3.63) is 101 Å². The molecule has 0 amide bonds. The Labute approximate surface area is 217 Å². The molecular weight excluding hydrogens is 464 g/mol. The van der Waals surface area contributed by atoms with Crippen molar-refractivity contribution in [1.29, 1.82) is 0 Å². The minimum absolute atomic E-state index is 0.219. The van der Waals surface area contributed by atoms with E-state index in [2.05, 4.69) is 19.1 Å². The lowest BCUT2D eigenvalue weighted by atomic mass is 9.56. The number of carbonyl (C=O) groups is 2. The van der Waals surface area contributed by atoms with E-state index in [1.807, 2.05) is 54.6 Å². The number of fused-ring (bicyclic) bond motifs is 5. The van der Waals surface area contributed by atoms with Crippen LogP contribution in [0.1, 0.15) is 76.8 Å². The quantitative estimate of drug-likeness (QED) is 0.274. The Morgan fingerprint density at radius 3 is 2.33 bits per heavy atom. The molecule has 3 aromatic carbocycles. The summed E-state index contributed by atoms with van der Waals surface area (Å²) in [6, 6.07) is 25.2. The maximum atomic E-state index is 13.0. The summed E-state index contributed by atoms with van der Waals surface area (Å²) in [5.74, 6) is 2.24. The minimum atomic E-state index is -0.308. The van der Waals surface area contributed by atoms with Crippen LogP contribution in [0.5, 0.6) is 5.75 Å². The van der Waals surface area contributed by atoms with Crippen molar-refractivity contribution in [3.63, 3.8) is 0 Å². The monoisotopic (exact) mass is 496 g/mol. The van der Waals surface area contributed by atoms with E-state index >= 15 is 0 Å². The van der Waals surface area contributed by atoms with Crippen LogP contribution in [0.2, 0.25) is 0 Å². The molecule has 0 unspecified atom stereocenters. The molecule has 0 bridgehead atoms. The van der Waals surface area contributed by atoms with Crippen LogP contribution in [0.15, 0.2) is 78.9 Å². The number of hydrogen-bond acceptors (Lipinski definition) is 4. The second-order valence-corrected chi connectivity index (χ2v) is 12.1. The van der Waals surface area contributed by atoms with Gasteiger partial charge in [-0.25, -0.2) is 4.79 Å². The van der Waals surface area contributed by atoms with Crippen molar-refractivity contribution >= 4 is 22.8 Å². The first kappa shape index (κ1) is 23.5. The summed E-state index contributed by atoms with van der Waals surface area (Å²) in [5.41, 5.74) is 4.39. The highest BCUT2D eigenvalue weighted by atomic mass is 32.2. The maximum Gasteiger partial charge on any atom is 0.343 e. The third-order valence-electron chi connectivity index (χ3n) is 9.09. The zero-order valence-electron chi connectivity index (χ0n) is 20.7. The zero-order chi connectivity index (χ0) is 24.7. The third kappa shape index (κ3) is 4.20. The third-order valence-corrected chi connectivity index (χ3v) is 10.6. The standard InChI is InChI=1S/C32H32O3S/c1-32-19-18-26-25-15-13-24(35-30(33)21-8-4-2-5-9-21)20-23(25)12-14-27(26)28(32)16-17-29(32)36-31(34)22-10-6-3-7-11-22/h2-11,13,15,20,26-29H,12,14,16-19H2,1H3/t26-,27-,28+,29+,32+/m1/s1. The van der Waals surface area contributed by atoms with Crippen LogP contribution in [-0.4, -0.2) is 16.3 Å². The van der Waals surface area contributed by atoms with E-state index in [4.69, 9.17) is 4.74 Å². The Hall–Kier alpha value is -2.85. The highest BCUT2D eigenvalue weighted by Gasteiger charge is 2.55. The van der Waals surface area contributed by atoms with Crippen LogP contribution in [0.25, 0.3) is 0 Å². The van der Waals surface area contributed by atoms with E-state index in [1.165, 1.54) is 36.8 Å². The van der Waals surface area contributed by atoms with Crippen LogP contribution in [-0.2, 0) is 6.42 Å². The van der Waals surface area contributed by atoms with Gasteiger partial charge in [0.05, 0.1) is 5.56 Å². The highest BCUT2D eigenvalue weighted by molar-refractivity contribution is 8.14. The fraction of sp³-hybridized carbons (Fsp3) is 0.375. The molecule has 0 spiro atoms. The van der Waals surface area contributed by atoms with Gasteiger partial charge in [-0.2, -0.15) is 0 Å². The number of hydrogen-bond donors (Lipinski definition) is 0. The van der Waals surface area contributed by atoms with Gasteiger partial charge in [0, 0.05) is 10.8 Å². The smallest absolute Gasteiger partial charge is 0.343 e. The summed E-state index contributed by atoms with van der Waals surface area (Å²) < 4.78 is 5.70. The van der Waals surface area contributed by atoms with E-state index < -0.39 is 0 Å². The van der Waals surface area contributed by atoms with Gasteiger partial charge >= 0.3 is 5.97 Å². The molecule has 0 radical (unpaired) electrons. The molecule has 2 saturated carbocycles. The molecule has 6 rings (SSSR count). The van der Waals surface area contributed by atoms with Gasteiger partial charge < -0.3 is 4.74 Å². The Morgan fingerprint density at radius 2 is 1.58 bits per heavy atom. The minimum Gasteiger partial charge on any atom is -0.423 e. The van der Waals surface area contributed by atoms with Gasteiger partial charge in [0.25, 0.3) is 0 Å². The van der Waals surface area contributed by atoms with Crippen molar-refractivity contribution in [2.75, 3.05) is 0 Å². The lowest BCUT2D eigenvalue weighted by Crippen LogP contribution is -2.43. The molecule has 3 aliphatic carbocycles. The maximum absolute atomic E-state index is 13.0. The summed E-state index contributed by atoms with van der Waals surface area (Å²) in [6.45, 7) is 2.46. The van der Waals surface area contributed by atoms with Crippen LogP contribution < -0.4 is 4.74 Å². The fourth-order valence-electron chi connectivity index (χ4n) is 7.28. The van der Waals surface area contributed by atoms with Gasteiger partial charge in [0.2, 0.25) is 5.12 Å². The lowest BCUT2D eigenvalue weighted by molar-refractivity contribution is 0.0627. The molecule has 0 saturated heterocycles. The van der Waals surface area contributed by atoms with Crippen LogP contribution >= 0.6 is 11.8 Å². The molecule has 0 aromatic heterocycles. The number of esters is 1. The van der Waals surface area contributed by atoms with Crippen molar-refractivity contribution < 1.29 is 14.3 Å². The topological polar surface area (TPSA) is 43.4 Å². The average Bonchev–Trinajstić information content (AvgIpc) is 3.25. The molecular formula is C32H32O3S. The second kappa shape index (κ2) is 9.55. The van der Waals surface area contributed by atoms with Crippen LogP contribution in [0.4, 0.5) is 0 Å². The number of carbonyl (C=O) groups excluding carboxylic acids is 2. The molecule has 4 heteroatoms. The van der Waals surface area contributed by atoms with E-state index in [9.17, 15) is 9.59 Å². The molecule has 3 aromatic rings. The molecule has 0 aliphatic heterocycles. The Balaban J connectivity index is 1.17. The first-order chi connectivity index (χ1) is 17.5. The van der Waals surface area contributed by atoms with Crippen LogP contribution in [0, 0.1) is 17.3 Å². The first-order valence-electron chi connectivity index (χ1n) is 13.2. The highest BCUT2D eigenvalue weighted by Crippen LogP contribution is 2.63. The molecule has 0 heterocycles. The van der Waals surface area contributed by atoms with Crippen molar-refractivity contribution in [2.45, 2.75) is 56.6 Å². The normalized spacial score (nSPS) is 28.5. The van der Waals surface area contributed by atoms with Gasteiger partial charge in [0.1, 0.15) is 5.75 Å². The number of thioether (sulfide) groups is 1. The number of ether oxygens (including phenoxy) is 1. The van der Waals surface area contributed by atoms with Gasteiger partial charge in [0.15, 0.2) is 0 Å². The van der Waals surface area contributed by atoms with Gasteiger partial charge in [-0.05, 0) is 97.1 Å². The summed E-state index contributed by atoms with van der Waals surface area (Å²) in [4.78, 5) is 25.5. The Morgan fingerprint density at radius 1 is 0.861 bits per heavy atom. The zero-order valence-corrected chi connectivity index (χ0v) is 21.5. The number of benzene rings is 3.